The molecule has 2 aliphatic rings. The van der Waals surface area contributed by atoms with Crippen molar-refractivity contribution in [1.82, 2.24) is 4.90 Å². The van der Waals surface area contributed by atoms with E-state index in [2.05, 4.69) is 32.7 Å². The Bertz CT molecular complexity index is 347. The fourth-order valence-corrected chi connectivity index (χ4v) is 4.49. The molecular formula is C19H35NO. The smallest absolute Gasteiger partial charge is 0.132 e. The van der Waals surface area contributed by atoms with Crippen molar-refractivity contribution in [3.05, 3.63) is 0 Å². The molecule has 0 aromatic carbocycles. The van der Waals surface area contributed by atoms with Crippen molar-refractivity contribution in [2.75, 3.05) is 13.6 Å². The molecule has 0 spiro atoms. The van der Waals surface area contributed by atoms with E-state index in [1.165, 1.54) is 38.6 Å². The highest BCUT2D eigenvalue weighted by Crippen LogP contribution is 2.43. The summed E-state index contributed by atoms with van der Waals surface area (Å²) < 4.78 is 0. The summed E-state index contributed by atoms with van der Waals surface area (Å²) in [5.74, 6) is 2.09. The van der Waals surface area contributed by atoms with Gasteiger partial charge in [-0.25, -0.2) is 0 Å². The molecule has 2 rings (SSSR count). The molecule has 2 nitrogen and oxygen atoms in total. The largest absolute Gasteiger partial charge is 0.303 e. The Morgan fingerprint density at radius 1 is 1.14 bits per heavy atom. The van der Waals surface area contributed by atoms with Crippen LogP contribution in [0.4, 0.5) is 0 Å². The van der Waals surface area contributed by atoms with Crippen molar-refractivity contribution in [2.24, 2.45) is 17.3 Å². The summed E-state index contributed by atoms with van der Waals surface area (Å²) in [7, 11) is 2.23. The van der Waals surface area contributed by atoms with Gasteiger partial charge in [0.15, 0.2) is 0 Å². The minimum Gasteiger partial charge on any atom is -0.303 e. The highest BCUT2D eigenvalue weighted by molar-refractivity contribution is 5.78. The van der Waals surface area contributed by atoms with Gasteiger partial charge >= 0.3 is 0 Å². The number of nitrogens with zero attached hydrogens (tertiary/aromatic N) is 1. The summed E-state index contributed by atoms with van der Waals surface area (Å²) in [6.45, 7) is 8.33. The topological polar surface area (TPSA) is 20.3 Å². The number of piperidine rings is 1. The molecule has 3 atom stereocenters. The lowest BCUT2D eigenvalue weighted by atomic mass is 9.65. The maximum absolute atomic E-state index is 12.3. The van der Waals surface area contributed by atoms with E-state index in [0.717, 1.165) is 37.5 Å². The number of carbonyl (C=O) groups is 1. The molecule has 0 N–H and O–H groups in total. The first kappa shape index (κ1) is 17.0. The molecule has 1 aliphatic carbocycles. The predicted octanol–water partition coefficient (Wildman–Crippen LogP) is 4.67. The first-order chi connectivity index (χ1) is 9.93. The van der Waals surface area contributed by atoms with Crippen LogP contribution in [0.1, 0.15) is 78.6 Å². The third-order valence-corrected chi connectivity index (χ3v) is 6.90. The molecule has 0 radical (unpaired) electrons. The second-order valence-corrected chi connectivity index (χ2v) is 8.08. The van der Waals surface area contributed by atoms with E-state index in [1.807, 2.05) is 0 Å². The van der Waals surface area contributed by atoms with E-state index in [0.29, 0.717) is 17.2 Å². The lowest BCUT2D eigenvalue weighted by Crippen LogP contribution is -2.51. The average molecular weight is 293 g/mol. The Kier molecular flexibility index (Phi) is 5.88. The molecule has 0 bridgehead atoms. The molecule has 2 fully saturated rings. The molecule has 2 heteroatoms. The van der Waals surface area contributed by atoms with E-state index in [1.54, 1.807) is 0 Å². The van der Waals surface area contributed by atoms with Crippen LogP contribution in [0.5, 0.6) is 0 Å². The average Bonchev–Trinajstić information content (AvgIpc) is 2.98. The Labute approximate surface area is 131 Å². The number of carbonyl (C=O) groups excluding carboxylic acids is 1. The molecule has 0 amide bonds. The Balaban J connectivity index is 1.78. The third-order valence-electron chi connectivity index (χ3n) is 6.90. The van der Waals surface area contributed by atoms with Crippen molar-refractivity contribution in [3.8, 4) is 0 Å². The second kappa shape index (κ2) is 7.26. The van der Waals surface area contributed by atoms with E-state index in [9.17, 15) is 4.79 Å². The van der Waals surface area contributed by atoms with Crippen LogP contribution < -0.4 is 0 Å². The monoisotopic (exact) mass is 293 g/mol. The Morgan fingerprint density at radius 2 is 1.81 bits per heavy atom. The van der Waals surface area contributed by atoms with Gasteiger partial charge in [0, 0.05) is 18.9 Å². The van der Waals surface area contributed by atoms with E-state index in [-0.39, 0.29) is 0 Å². The number of hydrogen-bond donors (Lipinski definition) is 0. The summed E-state index contributed by atoms with van der Waals surface area (Å²) in [5.41, 5.74) is 0.302. The van der Waals surface area contributed by atoms with Gasteiger partial charge < -0.3 is 4.90 Å². The van der Waals surface area contributed by atoms with Gasteiger partial charge in [0.1, 0.15) is 5.78 Å². The van der Waals surface area contributed by atoms with E-state index >= 15 is 0 Å². The van der Waals surface area contributed by atoms with Crippen molar-refractivity contribution >= 4 is 5.78 Å². The van der Waals surface area contributed by atoms with Gasteiger partial charge in [0.25, 0.3) is 0 Å². The predicted molar refractivity (Wildman–Crippen MR) is 89.4 cm³/mol. The maximum atomic E-state index is 12.3. The standard InChI is InChI=1S/C19H35NO/c1-15-12-14-20(4)16(2)19(15,3)13-11-18(21)10-9-17-7-5-6-8-17/h15-17H,5-14H2,1-4H3. The number of hydrogen-bond acceptors (Lipinski definition) is 2. The van der Waals surface area contributed by atoms with Crippen LogP contribution in [-0.2, 0) is 4.79 Å². The molecule has 1 saturated heterocycles. The Morgan fingerprint density at radius 3 is 2.48 bits per heavy atom. The lowest BCUT2D eigenvalue weighted by molar-refractivity contribution is -0.120. The van der Waals surface area contributed by atoms with E-state index < -0.39 is 0 Å². The zero-order valence-electron chi connectivity index (χ0n) is 14.7. The zero-order valence-corrected chi connectivity index (χ0v) is 14.7. The molecule has 0 aromatic rings. The van der Waals surface area contributed by atoms with Crippen LogP contribution in [0.25, 0.3) is 0 Å². The summed E-state index contributed by atoms with van der Waals surface area (Å²) in [6.07, 6.45) is 10.6. The minimum absolute atomic E-state index is 0.302. The van der Waals surface area contributed by atoms with Crippen LogP contribution in [0, 0.1) is 17.3 Å². The number of likely N-dealkylation sites (tertiary alicyclic amines) is 1. The molecule has 1 aliphatic heterocycles. The van der Waals surface area contributed by atoms with Gasteiger partial charge in [-0.15, -0.1) is 0 Å². The van der Waals surface area contributed by atoms with Crippen LogP contribution >= 0.6 is 0 Å². The van der Waals surface area contributed by atoms with E-state index in [4.69, 9.17) is 0 Å². The second-order valence-electron chi connectivity index (χ2n) is 8.08. The lowest BCUT2D eigenvalue weighted by Gasteiger charge is -2.50. The molecule has 3 unspecified atom stereocenters. The molecule has 0 aromatic heterocycles. The van der Waals surface area contributed by atoms with Crippen LogP contribution in [-0.4, -0.2) is 30.3 Å². The fraction of sp³-hybridized carbons (Fsp3) is 0.947. The molecule has 1 heterocycles. The number of ketones is 1. The van der Waals surface area contributed by atoms with Gasteiger partial charge in [-0.1, -0.05) is 39.5 Å². The van der Waals surface area contributed by atoms with Crippen LogP contribution in [0.15, 0.2) is 0 Å². The van der Waals surface area contributed by atoms with Crippen LogP contribution in [0.2, 0.25) is 0 Å². The highest BCUT2D eigenvalue weighted by Gasteiger charge is 2.41. The molecule has 1 saturated carbocycles. The first-order valence-corrected chi connectivity index (χ1v) is 9.15. The normalized spacial score (nSPS) is 35.2. The molecule has 122 valence electrons. The van der Waals surface area contributed by atoms with Crippen molar-refractivity contribution in [2.45, 2.75) is 84.6 Å². The molecule has 21 heavy (non-hydrogen) atoms. The minimum atomic E-state index is 0.302. The first-order valence-electron chi connectivity index (χ1n) is 9.15. The highest BCUT2D eigenvalue weighted by atomic mass is 16.1. The Hall–Kier alpha value is -0.370. The molecular weight excluding hydrogens is 258 g/mol. The quantitative estimate of drug-likeness (QED) is 0.709. The van der Waals surface area contributed by atoms with Gasteiger partial charge in [-0.05, 0) is 57.0 Å². The summed E-state index contributed by atoms with van der Waals surface area (Å²) in [6, 6.07) is 0.587. The fourth-order valence-electron chi connectivity index (χ4n) is 4.49. The summed E-state index contributed by atoms with van der Waals surface area (Å²) in [4.78, 5) is 14.7. The maximum Gasteiger partial charge on any atom is 0.132 e. The SMILES string of the molecule is CC1CCN(C)C(C)C1(C)CCC(=O)CCC1CCCC1. The number of rotatable bonds is 6. The van der Waals surface area contributed by atoms with Crippen LogP contribution in [0.3, 0.4) is 0 Å². The van der Waals surface area contributed by atoms with Gasteiger partial charge in [-0.2, -0.15) is 0 Å². The van der Waals surface area contributed by atoms with Gasteiger partial charge in [0.2, 0.25) is 0 Å². The van der Waals surface area contributed by atoms with Gasteiger partial charge in [-0.3, -0.25) is 4.79 Å². The zero-order chi connectivity index (χ0) is 15.5. The summed E-state index contributed by atoms with van der Waals surface area (Å²) >= 11 is 0. The van der Waals surface area contributed by atoms with Gasteiger partial charge in [0.05, 0.1) is 0 Å². The number of Topliss-reactive ketones (excluding diaryl/α,β-unsaturated/α-hetero) is 1. The summed E-state index contributed by atoms with van der Waals surface area (Å²) in [5, 5.41) is 0. The van der Waals surface area contributed by atoms with Crippen molar-refractivity contribution in [3.63, 3.8) is 0 Å². The van der Waals surface area contributed by atoms with Crippen molar-refractivity contribution in [1.29, 1.82) is 0 Å². The van der Waals surface area contributed by atoms with Crippen molar-refractivity contribution < 1.29 is 4.79 Å². The third kappa shape index (κ3) is 4.09.